The van der Waals surface area contributed by atoms with Crippen molar-refractivity contribution >= 4 is 21.7 Å². The van der Waals surface area contributed by atoms with E-state index < -0.39 is 16.1 Å². The minimum absolute atomic E-state index is 0.115. The average molecular weight is 329 g/mol. The lowest BCUT2D eigenvalue weighted by molar-refractivity contribution is 0.252. The van der Waals surface area contributed by atoms with E-state index in [1.54, 1.807) is 20.8 Å². The number of ether oxygens (including phenoxy) is 1. The molecule has 124 valence electrons. The maximum Gasteiger partial charge on any atom is 0.319 e. The highest BCUT2D eigenvalue weighted by molar-refractivity contribution is 7.89. The third-order valence-corrected chi connectivity index (χ3v) is 5.15. The maximum absolute atomic E-state index is 12.5. The van der Waals surface area contributed by atoms with Gasteiger partial charge in [-0.15, -0.1) is 0 Å². The van der Waals surface area contributed by atoms with E-state index >= 15 is 0 Å². The standard InChI is InChI=1S/C14H23N3O4S/c1-5-15-14(18)16-12-10-11(8-9-13(12)21-4)22(19,20)17(6-2)7-3/h8-10H,5-7H2,1-4H3,(H2,15,16,18). The molecule has 0 bridgehead atoms. The van der Waals surface area contributed by atoms with Gasteiger partial charge in [0.1, 0.15) is 5.75 Å². The molecule has 0 aliphatic carbocycles. The average Bonchev–Trinajstić information content (AvgIpc) is 2.48. The topological polar surface area (TPSA) is 87.7 Å². The minimum Gasteiger partial charge on any atom is -0.495 e. The van der Waals surface area contributed by atoms with Crippen molar-refractivity contribution in [3.05, 3.63) is 18.2 Å². The molecular weight excluding hydrogens is 306 g/mol. The quantitative estimate of drug-likeness (QED) is 0.799. The molecule has 8 heteroatoms. The molecule has 1 aromatic carbocycles. The van der Waals surface area contributed by atoms with Gasteiger partial charge in [-0.05, 0) is 25.1 Å². The lowest BCUT2D eigenvalue weighted by Gasteiger charge is -2.19. The Kier molecular flexibility index (Phi) is 6.63. The van der Waals surface area contributed by atoms with Crippen LogP contribution in [-0.4, -0.2) is 45.5 Å². The van der Waals surface area contributed by atoms with E-state index in [9.17, 15) is 13.2 Å². The fourth-order valence-electron chi connectivity index (χ4n) is 1.98. The first-order chi connectivity index (χ1) is 10.4. The van der Waals surface area contributed by atoms with Gasteiger partial charge in [0.2, 0.25) is 10.0 Å². The Morgan fingerprint density at radius 3 is 2.36 bits per heavy atom. The summed E-state index contributed by atoms with van der Waals surface area (Å²) in [5.74, 6) is 0.393. The number of rotatable bonds is 7. The molecule has 0 atom stereocenters. The third kappa shape index (κ3) is 4.11. The van der Waals surface area contributed by atoms with E-state index in [-0.39, 0.29) is 4.90 Å². The lowest BCUT2D eigenvalue weighted by atomic mass is 10.3. The highest BCUT2D eigenvalue weighted by Crippen LogP contribution is 2.28. The number of amides is 2. The number of hydrogen-bond donors (Lipinski definition) is 2. The molecule has 0 fully saturated rings. The first kappa shape index (κ1) is 18.2. The number of urea groups is 1. The molecular formula is C14H23N3O4S. The summed E-state index contributed by atoms with van der Waals surface area (Å²) in [6.07, 6.45) is 0. The van der Waals surface area contributed by atoms with E-state index in [1.165, 1.54) is 29.6 Å². The zero-order chi connectivity index (χ0) is 16.8. The summed E-state index contributed by atoms with van der Waals surface area (Å²) >= 11 is 0. The van der Waals surface area contributed by atoms with Gasteiger partial charge < -0.3 is 15.4 Å². The second-order valence-electron chi connectivity index (χ2n) is 4.44. The predicted octanol–water partition coefficient (Wildman–Crippen LogP) is 1.87. The van der Waals surface area contributed by atoms with Crippen LogP contribution in [0.25, 0.3) is 0 Å². The van der Waals surface area contributed by atoms with Crippen LogP contribution in [0.15, 0.2) is 23.1 Å². The Labute approximate surface area is 131 Å². The van der Waals surface area contributed by atoms with Gasteiger partial charge in [0, 0.05) is 19.6 Å². The lowest BCUT2D eigenvalue weighted by Crippen LogP contribution is -2.31. The molecule has 1 rings (SSSR count). The number of nitrogens with one attached hydrogen (secondary N) is 2. The van der Waals surface area contributed by atoms with Crippen molar-refractivity contribution in [3.63, 3.8) is 0 Å². The summed E-state index contributed by atoms with van der Waals surface area (Å²) in [6, 6.07) is 3.98. The summed E-state index contributed by atoms with van der Waals surface area (Å²) in [7, 11) is -2.14. The first-order valence-electron chi connectivity index (χ1n) is 7.13. The van der Waals surface area contributed by atoms with Crippen molar-refractivity contribution in [2.24, 2.45) is 0 Å². The smallest absolute Gasteiger partial charge is 0.319 e. The summed E-state index contributed by atoms with van der Waals surface area (Å²) < 4.78 is 31.5. The van der Waals surface area contributed by atoms with Crippen molar-refractivity contribution in [2.45, 2.75) is 25.7 Å². The molecule has 22 heavy (non-hydrogen) atoms. The Bertz CT molecular complexity index is 613. The van der Waals surface area contributed by atoms with Crippen LogP contribution in [0.3, 0.4) is 0 Å². The number of hydrogen-bond acceptors (Lipinski definition) is 4. The summed E-state index contributed by atoms with van der Waals surface area (Å²) in [5, 5.41) is 5.17. The van der Waals surface area contributed by atoms with Gasteiger partial charge in [0.15, 0.2) is 0 Å². The maximum atomic E-state index is 12.5. The van der Waals surface area contributed by atoms with Gasteiger partial charge in [-0.25, -0.2) is 13.2 Å². The number of carbonyl (C=O) groups is 1. The van der Waals surface area contributed by atoms with Gasteiger partial charge in [-0.1, -0.05) is 13.8 Å². The number of nitrogens with zero attached hydrogens (tertiary/aromatic N) is 1. The molecule has 2 amide bonds. The zero-order valence-corrected chi connectivity index (χ0v) is 14.2. The first-order valence-corrected chi connectivity index (χ1v) is 8.57. The molecule has 0 aliphatic heterocycles. The molecule has 0 saturated carbocycles. The van der Waals surface area contributed by atoms with Gasteiger partial charge in [0.05, 0.1) is 17.7 Å². The third-order valence-electron chi connectivity index (χ3n) is 3.10. The molecule has 0 radical (unpaired) electrons. The summed E-state index contributed by atoms with van der Waals surface area (Å²) in [5.41, 5.74) is 0.307. The van der Waals surface area contributed by atoms with Gasteiger partial charge in [-0.2, -0.15) is 4.31 Å². The van der Waals surface area contributed by atoms with Crippen LogP contribution in [0.1, 0.15) is 20.8 Å². The number of benzene rings is 1. The monoisotopic (exact) mass is 329 g/mol. The zero-order valence-electron chi connectivity index (χ0n) is 13.3. The molecule has 1 aromatic rings. The Morgan fingerprint density at radius 2 is 1.86 bits per heavy atom. The van der Waals surface area contributed by atoms with Crippen molar-refractivity contribution in [1.29, 1.82) is 0 Å². The summed E-state index contributed by atoms with van der Waals surface area (Å²) in [6.45, 7) is 6.56. The fourth-order valence-corrected chi connectivity index (χ4v) is 3.47. The van der Waals surface area contributed by atoms with E-state index in [0.29, 0.717) is 31.1 Å². The van der Waals surface area contributed by atoms with Crippen LogP contribution < -0.4 is 15.4 Å². The van der Waals surface area contributed by atoms with Crippen LogP contribution >= 0.6 is 0 Å². The molecule has 0 heterocycles. The summed E-state index contributed by atoms with van der Waals surface area (Å²) in [4.78, 5) is 11.8. The van der Waals surface area contributed by atoms with Gasteiger partial charge in [0.25, 0.3) is 0 Å². The van der Waals surface area contributed by atoms with Crippen LogP contribution in [0.4, 0.5) is 10.5 Å². The largest absolute Gasteiger partial charge is 0.495 e. The van der Waals surface area contributed by atoms with Crippen molar-refractivity contribution in [1.82, 2.24) is 9.62 Å². The number of carbonyl (C=O) groups excluding carboxylic acids is 1. The molecule has 0 unspecified atom stereocenters. The predicted molar refractivity (Wildman–Crippen MR) is 85.8 cm³/mol. The molecule has 0 saturated heterocycles. The minimum atomic E-state index is -3.59. The number of anilines is 1. The molecule has 0 aromatic heterocycles. The van der Waals surface area contributed by atoms with E-state index in [0.717, 1.165) is 0 Å². The Morgan fingerprint density at radius 1 is 1.23 bits per heavy atom. The SMILES string of the molecule is CCNC(=O)Nc1cc(S(=O)(=O)N(CC)CC)ccc1OC. The normalized spacial score (nSPS) is 11.3. The van der Waals surface area contributed by atoms with Crippen molar-refractivity contribution in [3.8, 4) is 5.75 Å². The highest BCUT2D eigenvalue weighted by Gasteiger charge is 2.23. The highest BCUT2D eigenvalue weighted by atomic mass is 32.2. The number of sulfonamides is 1. The van der Waals surface area contributed by atoms with Crippen molar-refractivity contribution in [2.75, 3.05) is 32.1 Å². The van der Waals surface area contributed by atoms with Crippen LogP contribution in [0.2, 0.25) is 0 Å². The van der Waals surface area contributed by atoms with Crippen molar-refractivity contribution < 1.29 is 17.9 Å². The van der Waals surface area contributed by atoms with Crippen LogP contribution in [0.5, 0.6) is 5.75 Å². The van der Waals surface area contributed by atoms with Gasteiger partial charge in [-0.3, -0.25) is 0 Å². The van der Waals surface area contributed by atoms with E-state index in [1.807, 2.05) is 0 Å². The number of methoxy groups -OCH3 is 1. The second kappa shape index (κ2) is 8.00. The second-order valence-corrected chi connectivity index (χ2v) is 6.37. The van der Waals surface area contributed by atoms with Crippen LogP contribution in [0, 0.1) is 0 Å². The molecule has 0 aliphatic rings. The molecule has 2 N–H and O–H groups in total. The van der Waals surface area contributed by atoms with E-state index in [4.69, 9.17) is 4.74 Å². The molecule has 7 nitrogen and oxygen atoms in total. The molecule has 0 spiro atoms. The Hall–Kier alpha value is -1.80. The fraction of sp³-hybridized carbons (Fsp3) is 0.500. The van der Waals surface area contributed by atoms with Crippen LogP contribution in [-0.2, 0) is 10.0 Å². The van der Waals surface area contributed by atoms with E-state index in [2.05, 4.69) is 10.6 Å². The van der Waals surface area contributed by atoms with Gasteiger partial charge >= 0.3 is 6.03 Å². The Balaban J connectivity index is 3.22.